The molecule has 0 spiro atoms. The molecule has 0 fully saturated rings. The minimum Gasteiger partial charge on any atom is -0.465 e. The third kappa shape index (κ3) is 7.08. The molecule has 1 unspecified atom stereocenters. The molecule has 0 saturated carbocycles. The van der Waals surface area contributed by atoms with E-state index in [4.69, 9.17) is 9.47 Å². The number of amides is 2. The number of nitrogens with one attached hydrogen (secondary N) is 2. The first-order chi connectivity index (χ1) is 16.9. The molecule has 2 aromatic rings. The van der Waals surface area contributed by atoms with Gasteiger partial charge >= 0.3 is 29.9 Å². The fourth-order valence-electron chi connectivity index (χ4n) is 2.60. The second kappa shape index (κ2) is 11.9. The normalized spacial score (nSPS) is 11.6. The highest BCUT2D eigenvalue weighted by Gasteiger charge is 2.27. The van der Waals surface area contributed by atoms with Gasteiger partial charge in [-0.3, -0.25) is 5.32 Å². The lowest BCUT2D eigenvalue weighted by molar-refractivity contribution is -0.150. The number of benzene rings is 1. The van der Waals surface area contributed by atoms with E-state index in [1.54, 1.807) is 11.6 Å². The summed E-state index contributed by atoms with van der Waals surface area (Å²) in [5.41, 5.74) is -0.637. The second-order valence-electron chi connectivity index (χ2n) is 6.75. The number of anilines is 1. The van der Waals surface area contributed by atoms with E-state index in [2.05, 4.69) is 29.7 Å². The van der Waals surface area contributed by atoms with Crippen molar-refractivity contribution in [2.75, 3.05) is 26.1 Å². The number of hydrogen-bond donors (Lipinski definition) is 2. The molecule has 15 nitrogen and oxygen atoms in total. The van der Waals surface area contributed by atoms with Gasteiger partial charge in [-0.05, 0) is 39.0 Å². The van der Waals surface area contributed by atoms with E-state index in [9.17, 15) is 27.6 Å². The highest BCUT2D eigenvalue weighted by atomic mass is 32.2. The molecule has 36 heavy (non-hydrogen) atoms. The fourth-order valence-corrected chi connectivity index (χ4v) is 3.73. The van der Waals surface area contributed by atoms with Gasteiger partial charge in [-0.1, -0.05) is 0 Å². The maximum Gasteiger partial charge on any atom is 0.347 e. The highest BCUT2D eigenvalue weighted by molar-refractivity contribution is 7.90. The molecule has 1 aromatic heterocycles. The highest BCUT2D eigenvalue weighted by Crippen LogP contribution is 2.20. The van der Waals surface area contributed by atoms with Crippen LogP contribution in [0.3, 0.4) is 0 Å². The molecule has 16 heteroatoms. The molecule has 2 rings (SSSR count). The van der Waals surface area contributed by atoms with Crippen LogP contribution in [0.5, 0.6) is 6.01 Å². The van der Waals surface area contributed by atoms with Gasteiger partial charge in [-0.15, -0.1) is 0 Å². The summed E-state index contributed by atoms with van der Waals surface area (Å²) in [4.78, 5) is 58.9. The van der Waals surface area contributed by atoms with Crippen LogP contribution in [0.1, 0.15) is 40.4 Å². The number of urea groups is 1. The number of ether oxygens (including phenoxy) is 4. The van der Waals surface area contributed by atoms with Crippen molar-refractivity contribution in [3.05, 3.63) is 35.2 Å². The van der Waals surface area contributed by atoms with Gasteiger partial charge in [0.05, 0.1) is 32.0 Å². The van der Waals surface area contributed by atoms with Crippen molar-refractivity contribution >= 4 is 39.9 Å². The number of carbonyl (C=O) groups is 4. The molecule has 2 amide bonds. The molecule has 0 saturated heterocycles. The zero-order valence-electron chi connectivity index (χ0n) is 19.8. The molecule has 1 heterocycles. The minimum atomic E-state index is -4.72. The number of esters is 3. The van der Waals surface area contributed by atoms with E-state index in [1.165, 1.54) is 13.8 Å². The molecule has 1 atom stereocenters. The monoisotopic (exact) mass is 525 g/mol. The summed E-state index contributed by atoms with van der Waals surface area (Å²) in [6.07, 6.45) is -1.08. The summed E-state index contributed by atoms with van der Waals surface area (Å²) < 4.78 is 46.7. The van der Waals surface area contributed by atoms with Crippen LogP contribution in [0.4, 0.5) is 10.7 Å². The summed E-state index contributed by atoms with van der Waals surface area (Å²) >= 11 is 0. The number of aryl methyl sites for hydroxylation is 1. The standard InChI is InChI=1S/C20H23N5O10S/c1-6-34-15(26)10(2)35-20-22-11(3)21-18(24-20)23-19(29)25-36(30,31)14-9-12(16(27)32-4)7-8-13(14)17(28)33-5/h7-10H,6H2,1-5H3,(H2,21,22,23,24,25,29). The van der Waals surface area contributed by atoms with Crippen LogP contribution in [0.15, 0.2) is 23.1 Å². The van der Waals surface area contributed by atoms with Gasteiger partial charge in [-0.25, -0.2) is 32.3 Å². The summed E-state index contributed by atoms with van der Waals surface area (Å²) in [7, 11) is -2.61. The van der Waals surface area contributed by atoms with Crippen LogP contribution in [0.25, 0.3) is 0 Å². The largest absolute Gasteiger partial charge is 0.465 e. The Morgan fingerprint density at radius 2 is 1.69 bits per heavy atom. The van der Waals surface area contributed by atoms with Crippen molar-refractivity contribution < 1.29 is 46.5 Å². The quantitative estimate of drug-likeness (QED) is 0.340. The Hall–Kier alpha value is -4.34. The predicted molar refractivity (Wildman–Crippen MR) is 120 cm³/mol. The summed E-state index contributed by atoms with van der Waals surface area (Å²) in [6.45, 7) is 4.58. The van der Waals surface area contributed by atoms with Gasteiger partial charge in [0, 0.05) is 0 Å². The van der Waals surface area contributed by atoms with Crippen molar-refractivity contribution in [1.29, 1.82) is 0 Å². The molecular weight excluding hydrogens is 502 g/mol. The Morgan fingerprint density at radius 3 is 2.31 bits per heavy atom. The molecule has 0 bridgehead atoms. The van der Waals surface area contributed by atoms with E-state index in [-0.39, 0.29) is 24.0 Å². The SMILES string of the molecule is CCOC(=O)C(C)Oc1nc(C)nc(NC(=O)NS(=O)(=O)c2cc(C(=O)OC)ccc2C(=O)OC)n1. The zero-order valence-corrected chi connectivity index (χ0v) is 20.7. The Bertz CT molecular complexity index is 1280. The van der Waals surface area contributed by atoms with Crippen molar-refractivity contribution in [3.8, 4) is 6.01 Å². The number of sulfonamides is 1. The zero-order chi connectivity index (χ0) is 27.0. The number of nitrogens with zero attached hydrogens (tertiary/aromatic N) is 3. The second-order valence-corrected chi connectivity index (χ2v) is 8.41. The number of aromatic nitrogens is 3. The van der Waals surface area contributed by atoms with Crippen molar-refractivity contribution in [2.45, 2.75) is 31.8 Å². The molecule has 0 aliphatic carbocycles. The van der Waals surface area contributed by atoms with Crippen LogP contribution in [0, 0.1) is 6.92 Å². The number of rotatable bonds is 9. The van der Waals surface area contributed by atoms with Crippen LogP contribution >= 0.6 is 0 Å². The third-order valence-electron chi connectivity index (χ3n) is 4.18. The maximum atomic E-state index is 12.9. The van der Waals surface area contributed by atoms with E-state index >= 15 is 0 Å². The van der Waals surface area contributed by atoms with Crippen LogP contribution in [0.2, 0.25) is 0 Å². The first-order valence-corrected chi connectivity index (χ1v) is 11.6. The Kier molecular flexibility index (Phi) is 9.20. The molecule has 0 aliphatic rings. The lowest BCUT2D eigenvalue weighted by atomic mass is 10.1. The van der Waals surface area contributed by atoms with E-state index in [0.717, 1.165) is 32.4 Å². The van der Waals surface area contributed by atoms with Crippen LogP contribution in [-0.4, -0.2) is 74.2 Å². The average molecular weight is 525 g/mol. The van der Waals surface area contributed by atoms with Gasteiger partial charge in [0.15, 0.2) is 6.10 Å². The lowest BCUT2D eigenvalue weighted by Gasteiger charge is -2.13. The van der Waals surface area contributed by atoms with Gasteiger partial charge in [0.2, 0.25) is 5.95 Å². The number of hydrogen-bond acceptors (Lipinski definition) is 13. The maximum absolute atomic E-state index is 12.9. The molecule has 0 radical (unpaired) electrons. The van der Waals surface area contributed by atoms with Gasteiger partial charge in [-0.2, -0.15) is 15.0 Å². The summed E-state index contributed by atoms with van der Waals surface area (Å²) in [5.74, 6) is -2.91. The van der Waals surface area contributed by atoms with Gasteiger partial charge in [0.25, 0.3) is 10.0 Å². The Balaban J connectivity index is 2.29. The van der Waals surface area contributed by atoms with Crippen LogP contribution < -0.4 is 14.8 Å². The first-order valence-electron chi connectivity index (χ1n) is 10.1. The topological polar surface area (TPSA) is 202 Å². The molecule has 1 aromatic carbocycles. The third-order valence-corrected chi connectivity index (χ3v) is 5.55. The van der Waals surface area contributed by atoms with Gasteiger partial charge in [0.1, 0.15) is 10.7 Å². The summed E-state index contributed by atoms with van der Waals surface area (Å²) in [5, 5.41) is 2.09. The Morgan fingerprint density at radius 1 is 1.03 bits per heavy atom. The minimum absolute atomic E-state index is 0.0768. The van der Waals surface area contributed by atoms with Crippen molar-refractivity contribution in [1.82, 2.24) is 19.7 Å². The van der Waals surface area contributed by atoms with E-state index in [1.807, 2.05) is 0 Å². The number of carbonyl (C=O) groups excluding carboxylic acids is 4. The number of methoxy groups -OCH3 is 2. The van der Waals surface area contributed by atoms with Crippen LogP contribution in [-0.2, 0) is 29.0 Å². The smallest absolute Gasteiger partial charge is 0.347 e. The molecule has 194 valence electrons. The van der Waals surface area contributed by atoms with Crippen molar-refractivity contribution in [2.24, 2.45) is 0 Å². The Labute approximate surface area is 205 Å². The predicted octanol–water partition coefficient (Wildman–Crippen LogP) is 0.594. The first kappa shape index (κ1) is 27.9. The summed E-state index contributed by atoms with van der Waals surface area (Å²) in [6, 6.07) is 1.39. The average Bonchev–Trinajstić information content (AvgIpc) is 2.81. The molecular formula is C20H23N5O10S. The molecule has 0 aliphatic heterocycles. The van der Waals surface area contributed by atoms with Gasteiger partial charge < -0.3 is 18.9 Å². The lowest BCUT2D eigenvalue weighted by Crippen LogP contribution is -2.36. The van der Waals surface area contributed by atoms with Crippen molar-refractivity contribution in [3.63, 3.8) is 0 Å². The van der Waals surface area contributed by atoms with E-state index in [0.29, 0.717) is 0 Å². The molecule has 2 N–H and O–H groups in total. The fraction of sp³-hybridized carbons (Fsp3) is 0.350. The van der Waals surface area contributed by atoms with E-state index < -0.39 is 56.5 Å².